The van der Waals surface area contributed by atoms with Gasteiger partial charge in [-0.15, -0.1) is 0 Å². The van der Waals surface area contributed by atoms with E-state index in [2.05, 4.69) is 9.88 Å². The number of rotatable bonds is 5. The molecule has 0 fully saturated rings. The smallest absolute Gasteiger partial charge is 0.262 e. The second-order valence-corrected chi connectivity index (χ2v) is 8.24. The number of methoxy groups -OCH3 is 1. The van der Waals surface area contributed by atoms with E-state index in [9.17, 15) is 8.42 Å². The number of benzene rings is 2. The van der Waals surface area contributed by atoms with Gasteiger partial charge < -0.3 is 9.26 Å². The third-order valence-electron chi connectivity index (χ3n) is 4.30. The fraction of sp³-hybridized carbons (Fsp3) is 0.211. The normalized spacial score (nSPS) is 11.4. The molecule has 8 heteroatoms. The lowest BCUT2D eigenvalue weighted by Gasteiger charge is -2.14. The van der Waals surface area contributed by atoms with Gasteiger partial charge in [0.2, 0.25) is 0 Å². The molecule has 1 heterocycles. The summed E-state index contributed by atoms with van der Waals surface area (Å²) in [4.78, 5) is 0.135. The zero-order valence-corrected chi connectivity index (χ0v) is 16.9. The number of hydrogen-bond donors (Lipinski definition) is 1. The van der Waals surface area contributed by atoms with Crippen molar-refractivity contribution in [2.45, 2.75) is 25.7 Å². The third-order valence-corrected chi connectivity index (χ3v) is 6.05. The second kappa shape index (κ2) is 7.25. The summed E-state index contributed by atoms with van der Waals surface area (Å²) in [6.07, 6.45) is 0. The predicted octanol–water partition coefficient (Wildman–Crippen LogP) is 4.73. The summed E-state index contributed by atoms with van der Waals surface area (Å²) in [7, 11) is -2.42. The number of aromatic nitrogens is 1. The minimum Gasteiger partial charge on any atom is -0.495 e. The first-order valence-corrected chi connectivity index (χ1v) is 9.99. The molecule has 0 bridgehead atoms. The molecule has 0 aliphatic rings. The summed E-state index contributed by atoms with van der Waals surface area (Å²) in [6, 6.07) is 9.84. The maximum Gasteiger partial charge on any atom is 0.262 e. The Morgan fingerprint density at radius 2 is 1.85 bits per heavy atom. The second-order valence-electron chi connectivity index (χ2n) is 6.15. The first-order chi connectivity index (χ1) is 12.7. The molecule has 0 unspecified atom stereocenters. The van der Waals surface area contributed by atoms with Crippen LogP contribution in [0.1, 0.15) is 16.8 Å². The number of nitrogens with zero attached hydrogens (tertiary/aromatic N) is 1. The van der Waals surface area contributed by atoms with Crippen molar-refractivity contribution >= 4 is 27.3 Å². The largest absolute Gasteiger partial charge is 0.495 e. The van der Waals surface area contributed by atoms with E-state index in [1.165, 1.54) is 13.2 Å². The van der Waals surface area contributed by atoms with Crippen LogP contribution in [0.3, 0.4) is 0 Å². The Hall–Kier alpha value is -2.51. The van der Waals surface area contributed by atoms with Crippen molar-refractivity contribution in [3.05, 3.63) is 58.2 Å². The molecule has 3 aromatic rings. The van der Waals surface area contributed by atoms with Crippen LogP contribution >= 0.6 is 11.6 Å². The van der Waals surface area contributed by atoms with Gasteiger partial charge in [0.05, 0.1) is 23.4 Å². The zero-order chi connectivity index (χ0) is 19.8. The van der Waals surface area contributed by atoms with Crippen molar-refractivity contribution in [1.29, 1.82) is 0 Å². The Morgan fingerprint density at radius 3 is 2.48 bits per heavy atom. The number of anilines is 1. The van der Waals surface area contributed by atoms with E-state index in [1.54, 1.807) is 37.3 Å². The molecule has 27 heavy (non-hydrogen) atoms. The molecule has 0 aliphatic heterocycles. The highest BCUT2D eigenvalue weighted by Gasteiger charge is 2.21. The van der Waals surface area contributed by atoms with Crippen LogP contribution in [-0.4, -0.2) is 20.7 Å². The average Bonchev–Trinajstić information content (AvgIpc) is 2.94. The van der Waals surface area contributed by atoms with E-state index >= 15 is 0 Å². The van der Waals surface area contributed by atoms with Crippen LogP contribution < -0.4 is 9.46 Å². The van der Waals surface area contributed by atoms with Gasteiger partial charge in [-0.3, -0.25) is 4.72 Å². The van der Waals surface area contributed by atoms with E-state index in [0.29, 0.717) is 27.7 Å². The summed E-state index contributed by atoms with van der Waals surface area (Å²) in [5, 5.41) is 4.33. The summed E-state index contributed by atoms with van der Waals surface area (Å²) >= 11 is 6.00. The Bertz CT molecular complexity index is 1110. The summed E-state index contributed by atoms with van der Waals surface area (Å²) < 4.78 is 39.2. The molecule has 0 aliphatic carbocycles. The van der Waals surface area contributed by atoms with E-state index in [0.717, 1.165) is 11.3 Å². The molecule has 0 saturated heterocycles. The number of nitrogens with one attached hydrogen (secondary N) is 1. The molecule has 1 N–H and O–H groups in total. The van der Waals surface area contributed by atoms with Crippen LogP contribution in [0.15, 0.2) is 45.8 Å². The fourth-order valence-corrected chi connectivity index (χ4v) is 4.18. The minimum atomic E-state index is -3.88. The van der Waals surface area contributed by atoms with Gasteiger partial charge >= 0.3 is 0 Å². The summed E-state index contributed by atoms with van der Waals surface area (Å²) in [6.45, 7) is 5.44. The molecule has 0 amide bonds. The highest BCUT2D eigenvalue weighted by molar-refractivity contribution is 7.92. The third kappa shape index (κ3) is 3.79. The van der Waals surface area contributed by atoms with Crippen molar-refractivity contribution in [2.75, 3.05) is 11.8 Å². The average molecular weight is 407 g/mol. The molecular formula is C19H19ClN2O4S. The van der Waals surface area contributed by atoms with Crippen LogP contribution in [0.2, 0.25) is 5.02 Å². The van der Waals surface area contributed by atoms with Crippen molar-refractivity contribution in [2.24, 2.45) is 0 Å². The lowest BCUT2D eigenvalue weighted by Crippen LogP contribution is -2.15. The Kier molecular flexibility index (Phi) is 5.17. The number of halogens is 1. The highest BCUT2D eigenvalue weighted by atomic mass is 35.5. The SMILES string of the molecule is COc1ccc(Cl)cc1NS(=O)(=O)c1cc(-c2onc(C)c2C)ccc1C. The van der Waals surface area contributed by atoms with Gasteiger partial charge in [-0.1, -0.05) is 28.9 Å². The monoisotopic (exact) mass is 406 g/mol. The molecule has 3 rings (SSSR count). The zero-order valence-electron chi connectivity index (χ0n) is 15.3. The van der Waals surface area contributed by atoms with Crippen molar-refractivity contribution in [3.63, 3.8) is 0 Å². The Labute approximate surface area is 163 Å². The fourth-order valence-electron chi connectivity index (χ4n) is 2.68. The molecule has 142 valence electrons. The minimum absolute atomic E-state index is 0.135. The molecule has 1 aromatic heterocycles. The van der Waals surface area contributed by atoms with Crippen molar-refractivity contribution < 1.29 is 17.7 Å². The lowest BCUT2D eigenvalue weighted by atomic mass is 10.1. The summed E-state index contributed by atoms with van der Waals surface area (Å²) in [5.41, 5.74) is 3.13. The van der Waals surface area contributed by atoms with Crippen molar-refractivity contribution in [3.8, 4) is 17.1 Å². The first kappa shape index (κ1) is 19.3. The van der Waals surface area contributed by atoms with E-state index < -0.39 is 10.0 Å². The Morgan fingerprint density at radius 1 is 1.11 bits per heavy atom. The predicted molar refractivity (Wildman–Crippen MR) is 105 cm³/mol. The van der Waals surface area contributed by atoms with E-state index in [4.69, 9.17) is 20.9 Å². The lowest BCUT2D eigenvalue weighted by molar-refractivity contribution is 0.417. The molecule has 0 atom stereocenters. The van der Waals surface area contributed by atoms with Crippen LogP contribution in [0.4, 0.5) is 5.69 Å². The molecule has 0 radical (unpaired) electrons. The van der Waals surface area contributed by atoms with Crippen LogP contribution in [-0.2, 0) is 10.0 Å². The van der Waals surface area contributed by atoms with Gasteiger partial charge in [0.1, 0.15) is 5.75 Å². The molecule has 2 aromatic carbocycles. The van der Waals surface area contributed by atoms with Gasteiger partial charge in [-0.05, 0) is 50.6 Å². The van der Waals surface area contributed by atoms with Gasteiger partial charge in [-0.25, -0.2) is 8.42 Å². The number of sulfonamides is 1. The number of ether oxygens (including phenoxy) is 1. The van der Waals surface area contributed by atoms with Crippen LogP contribution in [0.5, 0.6) is 5.75 Å². The van der Waals surface area contributed by atoms with Gasteiger partial charge in [0.25, 0.3) is 10.0 Å². The van der Waals surface area contributed by atoms with Crippen LogP contribution in [0.25, 0.3) is 11.3 Å². The summed E-state index contributed by atoms with van der Waals surface area (Å²) in [5.74, 6) is 0.919. The van der Waals surface area contributed by atoms with Gasteiger partial charge in [0, 0.05) is 16.1 Å². The van der Waals surface area contributed by atoms with Crippen molar-refractivity contribution in [1.82, 2.24) is 5.16 Å². The van der Waals surface area contributed by atoms with Gasteiger partial charge in [-0.2, -0.15) is 0 Å². The highest BCUT2D eigenvalue weighted by Crippen LogP contribution is 2.32. The van der Waals surface area contributed by atoms with Crippen LogP contribution in [0, 0.1) is 20.8 Å². The first-order valence-electron chi connectivity index (χ1n) is 8.13. The number of aryl methyl sites for hydroxylation is 2. The van der Waals surface area contributed by atoms with Gasteiger partial charge in [0.15, 0.2) is 5.76 Å². The molecule has 0 saturated carbocycles. The maximum atomic E-state index is 13.0. The number of hydrogen-bond acceptors (Lipinski definition) is 5. The molecular weight excluding hydrogens is 388 g/mol. The quantitative estimate of drug-likeness (QED) is 0.662. The topological polar surface area (TPSA) is 81.4 Å². The maximum absolute atomic E-state index is 13.0. The standard InChI is InChI=1S/C19H19ClN2O4S/c1-11-5-6-14(19-12(2)13(3)21-26-19)9-18(11)27(23,24)22-16-10-15(20)7-8-17(16)25-4/h5-10,22H,1-4H3. The van der Waals surface area contributed by atoms with E-state index in [-0.39, 0.29) is 10.6 Å². The Balaban J connectivity index is 2.06. The van der Waals surface area contributed by atoms with E-state index in [1.807, 2.05) is 13.8 Å². The molecule has 6 nitrogen and oxygen atoms in total. The molecule has 0 spiro atoms.